The van der Waals surface area contributed by atoms with Crippen molar-refractivity contribution in [1.82, 2.24) is 4.98 Å². The first-order chi connectivity index (χ1) is 16.6. The molecule has 0 radical (unpaired) electrons. The highest BCUT2D eigenvalue weighted by Gasteiger charge is 2.10. The average molecular weight is 505 g/mol. The third-order valence-corrected chi connectivity index (χ3v) is 7.34. The first-order valence-corrected chi connectivity index (χ1v) is 12.5. The van der Waals surface area contributed by atoms with E-state index in [9.17, 15) is 0 Å². The van der Waals surface area contributed by atoms with E-state index in [1.807, 2.05) is 42.5 Å². The molecule has 0 saturated carbocycles. The lowest BCUT2D eigenvalue weighted by Crippen LogP contribution is -2.04. The molecule has 170 valence electrons. The van der Waals surface area contributed by atoms with Crippen molar-refractivity contribution in [2.45, 2.75) is 20.1 Å². The van der Waals surface area contributed by atoms with Crippen LogP contribution >= 0.6 is 34.5 Å². The average Bonchev–Trinajstić information content (AvgIpc) is 3.26. The number of rotatable bonds is 7. The van der Waals surface area contributed by atoms with Crippen molar-refractivity contribution < 1.29 is 4.74 Å². The highest BCUT2D eigenvalue weighted by Crippen LogP contribution is 2.32. The minimum atomic E-state index is 0.311. The summed E-state index contributed by atoms with van der Waals surface area (Å²) in [5.74, 6) is 0.798. The van der Waals surface area contributed by atoms with Crippen molar-refractivity contribution in [2.24, 2.45) is 0 Å². The summed E-state index contributed by atoms with van der Waals surface area (Å²) in [7, 11) is 0. The topological polar surface area (TPSA) is 34.2 Å². The van der Waals surface area contributed by atoms with Crippen molar-refractivity contribution in [3.05, 3.63) is 112 Å². The molecule has 0 aliphatic carbocycles. The van der Waals surface area contributed by atoms with E-state index < -0.39 is 0 Å². The summed E-state index contributed by atoms with van der Waals surface area (Å²) >= 11 is 14.3. The molecule has 0 saturated heterocycles. The molecule has 5 aromatic rings. The maximum Gasteiger partial charge on any atom is 0.124 e. The van der Waals surface area contributed by atoms with Gasteiger partial charge in [-0.2, -0.15) is 0 Å². The monoisotopic (exact) mass is 504 g/mol. The van der Waals surface area contributed by atoms with Crippen LogP contribution in [0.4, 0.5) is 5.69 Å². The molecule has 0 unspecified atom stereocenters. The van der Waals surface area contributed by atoms with Crippen molar-refractivity contribution in [2.75, 3.05) is 5.32 Å². The number of aromatic nitrogens is 1. The largest absolute Gasteiger partial charge is 0.488 e. The molecule has 0 aliphatic rings. The zero-order valence-electron chi connectivity index (χ0n) is 18.5. The van der Waals surface area contributed by atoms with E-state index in [0.29, 0.717) is 23.2 Å². The smallest absolute Gasteiger partial charge is 0.124 e. The molecule has 0 atom stereocenters. The number of fused-ring (bicyclic) bond motifs is 1. The number of hydrogen-bond donors (Lipinski definition) is 1. The van der Waals surface area contributed by atoms with Crippen LogP contribution in [-0.2, 0) is 13.2 Å². The fourth-order valence-electron chi connectivity index (χ4n) is 3.69. The molecule has 3 nitrogen and oxygen atoms in total. The molecular formula is C28H22Cl2N2OS. The summed E-state index contributed by atoms with van der Waals surface area (Å²) in [4.78, 5) is 4.78. The predicted molar refractivity (Wildman–Crippen MR) is 144 cm³/mol. The molecule has 1 N–H and O–H groups in total. The highest BCUT2D eigenvalue weighted by atomic mass is 35.5. The second-order valence-corrected chi connectivity index (χ2v) is 9.86. The van der Waals surface area contributed by atoms with E-state index in [4.69, 9.17) is 32.9 Å². The molecule has 6 heteroatoms. The fraction of sp³-hybridized carbons (Fsp3) is 0.107. The van der Waals surface area contributed by atoms with E-state index in [1.165, 1.54) is 10.3 Å². The van der Waals surface area contributed by atoms with Gasteiger partial charge in [-0.1, -0.05) is 53.5 Å². The molecule has 4 aromatic carbocycles. The number of thiazole rings is 1. The number of ether oxygens (including phenoxy) is 1. The van der Waals surface area contributed by atoms with E-state index in [-0.39, 0.29) is 0 Å². The summed E-state index contributed by atoms with van der Waals surface area (Å²) < 4.78 is 7.29. The molecule has 0 fully saturated rings. The Morgan fingerprint density at radius 2 is 1.65 bits per heavy atom. The summed E-state index contributed by atoms with van der Waals surface area (Å²) in [6.45, 7) is 3.05. The Kier molecular flexibility index (Phi) is 6.73. The van der Waals surface area contributed by atoms with Crippen LogP contribution in [0.15, 0.2) is 84.9 Å². The Labute approximate surface area is 213 Å². The first kappa shape index (κ1) is 22.7. The predicted octanol–water partition coefficient (Wildman–Crippen LogP) is 8.77. The molecule has 34 heavy (non-hydrogen) atoms. The molecule has 1 aromatic heterocycles. The Morgan fingerprint density at radius 3 is 2.44 bits per heavy atom. The van der Waals surface area contributed by atoms with Gasteiger partial charge in [0.05, 0.1) is 10.2 Å². The van der Waals surface area contributed by atoms with Crippen LogP contribution in [0.3, 0.4) is 0 Å². The van der Waals surface area contributed by atoms with Crippen molar-refractivity contribution in [1.29, 1.82) is 0 Å². The Bertz CT molecular complexity index is 1430. The van der Waals surface area contributed by atoms with Gasteiger partial charge in [-0.3, -0.25) is 0 Å². The number of nitrogens with zero attached hydrogens (tertiary/aromatic N) is 1. The van der Waals surface area contributed by atoms with Gasteiger partial charge in [-0.05, 0) is 67.1 Å². The number of halogens is 2. The van der Waals surface area contributed by atoms with Crippen molar-refractivity contribution in [3.8, 4) is 16.3 Å². The molecule has 5 rings (SSSR count). The molecule has 0 aliphatic heterocycles. The molecule has 1 heterocycles. The summed E-state index contributed by atoms with van der Waals surface area (Å²) in [6.07, 6.45) is 0. The van der Waals surface area contributed by atoms with Crippen LogP contribution in [0.25, 0.3) is 20.8 Å². The van der Waals surface area contributed by atoms with Crippen LogP contribution in [0.2, 0.25) is 10.0 Å². The summed E-state index contributed by atoms with van der Waals surface area (Å²) in [5.41, 5.74) is 6.28. The molecule has 0 bridgehead atoms. The van der Waals surface area contributed by atoms with Gasteiger partial charge in [0.15, 0.2) is 0 Å². The zero-order valence-corrected chi connectivity index (χ0v) is 20.8. The minimum absolute atomic E-state index is 0.311. The van der Waals surface area contributed by atoms with E-state index in [1.54, 1.807) is 11.3 Å². The molecule has 0 amide bonds. The maximum atomic E-state index is 6.28. The SMILES string of the molecule is Cc1ccc2nc(-c3ccc(NCc4ccccc4OCc4c(Cl)cccc4Cl)cc3)sc2c1. The summed E-state index contributed by atoms with van der Waals surface area (Å²) in [5, 5.41) is 5.72. The number of aryl methyl sites for hydroxylation is 1. The van der Waals surface area contributed by atoms with Gasteiger partial charge >= 0.3 is 0 Å². The van der Waals surface area contributed by atoms with Crippen LogP contribution in [0, 0.1) is 6.92 Å². The van der Waals surface area contributed by atoms with Crippen LogP contribution in [-0.4, -0.2) is 4.98 Å². The van der Waals surface area contributed by atoms with Crippen LogP contribution < -0.4 is 10.1 Å². The second kappa shape index (κ2) is 10.1. The third-order valence-electron chi connectivity index (χ3n) is 5.57. The normalized spacial score (nSPS) is 11.0. The third kappa shape index (κ3) is 5.05. The zero-order chi connectivity index (χ0) is 23.5. The Morgan fingerprint density at radius 1 is 0.882 bits per heavy atom. The van der Waals surface area contributed by atoms with Gasteiger partial charge in [0, 0.05) is 39.0 Å². The number of anilines is 1. The second-order valence-electron chi connectivity index (χ2n) is 8.02. The van der Waals surface area contributed by atoms with E-state index in [2.05, 4.69) is 54.7 Å². The lowest BCUT2D eigenvalue weighted by Gasteiger charge is -2.14. The minimum Gasteiger partial charge on any atom is -0.488 e. The maximum absolute atomic E-state index is 6.28. The number of para-hydroxylation sites is 1. The van der Waals surface area contributed by atoms with Gasteiger partial charge in [0.2, 0.25) is 0 Å². The van der Waals surface area contributed by atoms with Crippen molar-refractivity contribution >= 4 is 50.4 Å². The van der Waals surface area contributed by atoms with Gasteiger partial charge < -0.3 is 10.1 Å². The van der Waals surface area contributed by atoms with Gasteiger partial charge in [-0.15, -0.1) is 11.3 Å². The van der Waals surface area contributed by atoms with E-state index in [0.717, 1.165) is 38.7 Å². The van der Waals surface area contributed by atoms with Gasteiger partial charge in [0.25, 0.3) is 0 Å². The standard InChI is InChI=1S/C28H22Cl2N2OS/c1-18-9-14-25-27(15-18)34-28(32-25)19-10-12-21(13-11-19)31-16-20-5-2-3-8-26(20)33-17-22-23(29)6-4-7-24(22)30/h2-15,31H,16-17H2,1H3. The van der Waals surface area contributed by atoms with Gasteiger partial charge in [0.1, 0.15) is 17.4 Å². The Hall–Kier alpha value is -3.05. The molecule has 0 spiro atoms. The lowest BCUT2D eigenvalue weighted by molar-refractivity contribution is 0.303. The van der Waals surface area contributed by atoms with Gasteiger partial charge in [-0.25, -0.2) is 4.98 Å². The Balaban J connectivity index is 1.26. The van der Waals surface area contributed by atoms with Crippen LogP contribution in [0.5, 0.6) is 5.75 Å². The molecular weight excluding hydrogens is 483 g/mol. The number of hydrogen-bond acceptors (Lipinski definition) is 4. The fourth-order valence-corrected chi connectivity index (χ4v) is 5.27. The number of benzene rings is 4. The number of nitrogens with one attached hydrogen (secondary N) is 1. The van der Waals surface area contributed by atoms with E-state index >= 15 is 0 Å². The first-order valence-electron chi connectivity index (χ1n) is 10.9. The summed E-state index contributed by atoms with van der Waals surface area (Å²) in [6, 6.07) is 28.2. The van der Waals surface area contributed by atoms with Crippen LogP contribution in [0.1, 0.15) is 16.7 Å². The van der Waals surface area contributed by atoms with Crippen molar-refractivity contribution in [3.63, 3.8) is 0 Å². The lowest BCUT2D eigenvalue weighted by atomic mass is 10.1. The quantitative estimate of drug-likeness (QED) is 0.240. The highest BCUT2D eigenvalue weighted by molar-refractivity contribution is 7.21.